The Bertz CT molecular complexity index is 540. The molecule has 20 heavy (non-hydrogen) atoms. The van der Waals surface area contributed by atoms with Crippen molar-refractivity contribution in [2.24, 2.45) is 5.73 Å². The van der Waals surface area contributed by atoms with Gasteiger partial charge in [0, 0.05) is 19.6 Å². The van der Waals surface area contributed by atoms with Gasteiger partial charge >= 0.3 is 0 Å². The van der Waals surface area contributed by atoms with E-state index in [2.05, 4.69) is 13.8 Å². The summed E-state index contributed by atoms with van der Waals surface area (Å²) in [6.45, 7) is 5.59. The summed E-state index contributed by atoms with van der Waals surface area (Å²) in [6, 6.07) is 7.10. The predicted molar refractivity (Wildman–Crippen MR) is 78.1 cm³/mol. The average molecular weight is 298 g/mol. The van der Waals surface area contributed by atoms with Crippen molar-refractivity contribution in [1.29, 1.82) is 0 Å². The largest absolute Gasteiger partial charge is 0.374 e. The maximum atomic E-state index is 12.6. The summed E-state index contributed by atoms with van der Waals surface area (Å²) >= 11 is 0. The zero-order chi connectivity index (χ0) is 14.8. The van der Waals surface area contributed by atoms with Gasteiger partial charge in [-0.25, -0.2) is 8.42 Å². The summed E-state index contributed by atoms with van der Waals surface area (Å²) < 4.78 is 32.0. The van der Waals surface area contributed by atoms with E-state index >= 15 is 0 Å². The van der Waals surface area contributed by atoms with Gasteiger partial charge in [-0.15, -0.1) is 0 Å². The van der Waals surface area contributed by atoms with Crippen molar-refractivity contribution in [2.75, 3.05) is 26.2 Å². The standard InChI is InChI=1S/C14H22N2O3S/c1-11(2)12-3-5-14(6-4-12)20(17,18)16-7-8-19-13(9-15)10-16/h3-6,11,13H,7-10,15H2,1-2H3. The van der Waals surface area contributed by atoms with Crippen LogP contribution < -0.4 is 5.73 Å². The minimum atomic E-state index is -3.45. The molecule has 1 unspecified atom stereocenters. The van der Waals surface area contributed by atoms with Crippen LogP contribution in [-0.4, -0.2) is 45.1 Å². The second-order valence-corrected chi connectivity index (χ2v) is 7.25. The average Bonchev–Trinajstić information content (AvgIpc) is 2.47. The van der Waals surface area contributed by atoms with E-state index in [1.807, 2.05) is 12.1 Å². The van der Waals surface area contributed by atoms with Gasteiger partial charge in [-0.2, -0.15) is 4.31 Å². The molecule has 1 aliphatic rings. The van der Waals surface area contributed by atoms with Gasteiger partial charge in [-0.05, 0) is 23.6 Å². The first-order chi connectivity index (χ1) is 9.45. The number of hydrogen-bond donors (Lipinski definition) is 1. The Morgan fingerprint density at radius 2 is 2.00 bits per heavy atom. The highest BCUT2D eigenvalue weighted by Crippen LogP contribution is 2.21. The van der Waals surface area contributed by atoms with E-state index in [0.717, 1.165) is 5.56 Å². The molecule has 0 bridgehead atoms. The van der Waals surface area contributed by atoms with Crippen LogP contribution in [0.15, 0.2) is 29.2 Å². The van der Waals surface area contributed by atoms with Crippen LogP contribution in [0.4, 0.5) is 0 Å². The number of sulfonamides is 1. The molecule has 1 heterocycles. The van der Waals surface area contributed by atoms with E-state index in [9.17, 15) is 8.42 Å². The fraction of sp³-hybridized carbons (Fsp3) is 0.571. The zero-order valence-electron chi connectivity index (χ0n) is 12.0. The topological polar surface area (TPSA) is 72.6 Å². The number of rotatable bonds is 4. The fourth-order valence-corrected chi connectivity index (χ4v) is 3.68. The number of nitrogens with two attached hydrogens (primary N) is 1. The number of benzene rings is 1. The molecule has 0 aliphatic carbocycles. The first-order valence-electron chi connectivity index (χ1n) is 6.87. The summed E-state index contributed by atoms with van der Waals surface area (Å²) in [7, 11) is -3.45. The summed E-state index contributed by atoms with van der Waals surface area (Å²) in [4.78, 5) is 0.333. The molecule has 1 saturated heterocycles. The van der Waals surface area contributed by atoms with Crippen molar-refractivity contribution in [3.8, 4) is 0 Å². The third-order valence-electron chi connectivity index (χ3n) is 3.55. The molecule has 1 aliphatic heterocycles. The maximum absolute atomic E-state index is 12.6. The lowest BCUT2D eigenvalue weighted by Gasteiger charge is -2.31. The molecule has 0 radical (unpaired) electrons. The summed E-state index contributed by atoms with van der Waals surface area (Å²) in [5, 5.41) is 0. The number of nitrogens with zero attached hydrogens (tertiary/aromatic N) is 1. The predicted octanol–water partition coefficient (Wildman–Crippen LogP) is 1.16. The molecule has 1 aromatic rings. The highest BCUT2D eigenvalue weighted by Gasteiger charge is 2.30. The first kappa shape index (κ1) is 15.4. The molecule has 2 N–H and O–H groups in total. The first-order valence-corrected chi connectivity index (χ1v) is 8.31. The van der Waals surface area contributed by atoms with Gasteiger partial charge in [0.2, 0.25) is 10.0 Å². The Morgan fingerprint density at radius 3 is 2.55 bits per heavy atom. The monoisotopic (exact) mass is 298 g/mol. The molecule has 0 spiro atoms. The van der Waals surface area contributed by atoms with Crippen molar-refractivity contribution in [3.05, 3.63) is 29.8 Å². The molecule has 112 valence electrons. The van der Waals surface area contributed by atoms with Crippen LogP contribution in [0.25, 0.3) is 0 Å². The molecule has 2 rings (SSSR count). The van der Waals surface area contributed by atoms with Gasteiger partial charge in [0.15, 0.2) is 0 Å². The van der Waals surface area contributed by atoms with Crippen molar-refractivity contribution in [1.82, 2.24) is 4.31 Å². The molecule has 6 heteroatoms. The van der Waals surface area contributed by atoms with Crippen LogP contribution in [0.5, 0.6) is 0 Å². The second-order valence-electron chi connectivity index (χ2n) is 5.32. The van der Waals surface area contributed by atoms with Crippen LogP contribution in [0.1, 0.15) is 25.3 Å². The molecule has 1 aromatic carbocycles. The Labute approximate surface area is 120 Å². The van der Waals surface area contributed by atoms with Gasteiger partial charge in [-0.1, -0.05) is 26.0 Å². The molecule has 1 fully saturated rings. The van der Waals surface area contributed by atoms with Crippen LogP contribution in [-0.2, 0) is 14.8 Å². The fourth-order valence-electron chi connectivity index (χ4n) is 2.23. The third kappa shape index (κ3) is 3.20. The van der Waals surface area contributed by atoms with Crippen LogP contribution in [0.2, 0.25) is 0 Å². The van der Waals surface area contributed by atoms with E-state index in [0.29, 0.717) is 37.1 Å². The minimum absolute atomic E-state index is 0.214. The summed E-state index contributed by atoms with van der Waals surface area (Å²) in [5.74, 6) is 0.386. The Hall–Kier alpha value is -0.950. The Balaban J connectivity index is 2.21. The highest BCUT2D eigenvalue weighted by molar-refractivity contribution is 7.89. The number of hydrogen-bond acceptors (Lipinski definition) is 4. The van der Waals surface area contributed by atoms with Crippen molar-refractivity contribution < 1.29 is 13.2 Å². The molecular formula is C14H22N2O3S. The molecule has 0 saturated carbocycles. The lowest BCUT2D eigenvalue weighted by atomic mass is 10.0. The molecule has 0 amide bonds. The van der Waals surface area contributed by atoms with E-state index in [4.69, 9.17) is 10.5 Å². The van der Waals surface area contributed by atoms with Gasteiger partial charge in [-0.3, -0.25) is 0 Å². The minimum Gasteiger partial charge on any atom is -0.374 e. The quantitative estimate of drug-likeness (QED) is 0.905. The smallest absolute Gasteiger partial charge is 0.243 e. The van der Waals surface area contributed by atoms with Crippen molar-refractivity contribution >= 4 is 10.0 Å². The van der Waals surface area contributed by atoms with Crippen molar-refractivity contribution in [2.45, 2.75) is 30.8 Å². The summed E-state index contributed by atoms with van der Waals surface area (Å²) in [6.07, 6.45) is -0.214. The number of morpholine rings is 1. The normalized spacial score (nSPS) is 21.3. The molecular weight excluding hydrogens is 276 g/mol. The lowest BCUT2D eigenvalue weighted by Crippen LogP contribution is -2.48. The molecule has 1 atom stereocenters. The molecule has 5 nitrogen and oxygen atoms in total. The maximum Gasteiger partial charge on any atom is 0.243 e. The van der Waals surface area contributed by atoms with Gasteiger partial charge in [0.05, 0.1) is 17.6 Å². The van der Waals surface area contributed by atoms with E-state index < -0.39 is 10.0 Å². The van der Waals surface area contributed by atoms with Crippen LogP contribution in [0, 0.1) is 0 Å². The van der Waals surface area contributed by atoms with Gasteiger partial charge in [0.25, 0.3) is 0 Å². The SMILES string of the molecule is CC(C)c1ccc(S(=O)(=O)N2CCOC(CN)C2)cc1. The van der Waals surface area contributed by atoms with Gasteiger partial charge in [0.1, 0.15) is 0 Å². The van der Waals surface area contributed by atoms with Crippen LogP contribution >= 0.6 is 0 Å². The van der Waals surface area contributed by atoms with Gasteiger partial charge < -0.3 is 10.5 Å². The van der Waals surface area contributed by atoms with E-state index in [1.54, 1.807) is 12.1 Å². The van der Waals surface area contributed by atoms with Crippen LogP contribution in [0.3, 0.4) is 0 Å². The Kier molecular flexibility index (Phi) is 4.80. The lowest BCUT2D eigenvalue weighted by molar-refractivity contribution is 0.00450. The Morgan fingerprint density at radius 1 is 1.35 bits per heavy atom. The number of ether oxygens (including phenoxy) is 1. The molecule has 0 aromatic heterocycles. The summed E-state index contributed by atoms with van der Waals surface area (Å²) in [5.41, 5.74) is 6.68. The highest BCUT2D eigenvalue weighted by atomic mass is 32.2. The van der Waals surface area contributed by atoms with E-state index in [1.165, 1.54) is 4.31 Å². The zero-order valence-corrected chi connectivity index (χ0v) is 12.8. The second kappa shape index (κ2) is 6.22. The van der Waals surface area contributed by atoms with Crippen molar-refractivity contribution in [3.63, 3.8) is 0 Å². The van der Waals surface area contributed by atoms with E-state index in [-0.39, 0.29) is 6.10 Å². The third-order valence-corrected chi connectivity index (χ3v) is 5.43.